The van der Waals surface area contributed by atoms with Crippen molar-refractivity contribution in [3.63, 3.8) is 0 Å². The van der Waals surface area contributed by atoms with Gasteiger partial charge in [0.2, 0.25) is 0 Å². The van der Waals surface area contributed by atoms with Crippen LogP contribution in [-0.4, -0.2) is 57.0 Å². The first-order chi connectivity index (χ1) is 13.8. The Morgan fingerprint density at radius 2 is 2.21 bits per heavy atom. The molecule has 154 valence electrons. The monoisotopic (exact) mass is 386 g/mol. The summed E-state index contributed by atoms with van der Waals surface area (Å²) in [5.41, 5.74) is 3.83. The van der Waals surface area contributed by atoms with Gasteiger partial charge in [-0.2, -0.15) is 0 Å². The van der Waals surface area contributed by atoms with E-state index in [1.807, 2.05) is 0 Å². The third-order valence-corrected chi connectivity index (χ3v) is 5.13. The van der Waals surface area contributed by atoms with Crippen molar-refractivity contribution in [3.05, 3.63) is 35.5 Å². The number of hydrogen-bond donors (Lipinski definition) is 3. The Labute approximate surface area is 168 Å². The maximum absolute atomic E-state index is 5.75. The lowest BCUT2D eigenvalue weighted by Gasteiger charge is -2.12. The highest BCUT2D eigenvalue weighted by Gasteiger charge is 2.15. The third kappa shape index (κ3) is 5.97. The lowest BCUT2D eigenvalue weighted by molar-refractivity contribution is 0.0893. The first kappa shape index (κ1) is 20.7. The summed E-state index contributed by atoms with van der Waals surface area (Å²) in [4.78, 5) is 8.14. The molecule has 6 nitrogen and oxygen atoms in total. The van der Waals surface area contributed by atoms with Crippen LogP contribution in [0.2, 0.25) is 0 Å². The number of nitrogens with zero attached hydrogens (tertiary/aromatic N) is 1. The Balaban J connectivity index is 1.39. The Kier molecular flexibility index (Phi) is 8.18. The van der Waals surface area contributed by atoms with E-state index in [0.717, 1.165) is 71.3 Å². The molecular formula is C22H34N4O2. The number of guanidine groups is 1. The molecule has 0 amide bonds. The summed E-state index contributed by atoms with van der Waals surface area (Å²) >= 11 is 0. The molecule has 1 aromatic carbocycles. The maximum Gasteiger partial charge on any atom is 0.191 e. The summed E-state index contributed by atoms with van der Waals surface area (Å²) in [6.07, 6.45) is 3.03. The van der Waals surface area contributed by atoms with E-state index in [4.69, 9.17) is 9.47 Å². The number of hydrogen-bond acceptors (Lipinski definition) is 3. The number of para-hydroxylation sites is 1. The number of H-pyrrole nitrogens is 1. The Hall–Kier alpha value is -2.05. The van der Waals surface area contributed by atoms with Crippen LogP contribution in [0.5, 0.6) is 0 Å². The van der Waals surface area contributed by atoms with Gasteiger partial charge >= 0.3 is 0 Å². The number of benzene rings is 1. The molecule has 1 unspecified atom stereocenters. The molecule has 0 saturated carbocycles. The summed E-state index contributed by atoms with van der Waals surface area (Å²) in [7, 11) is 0. The van der Waals surface area contributed by atoms with Crippen molar-refractivity contribution in [2.24, 2.45) is 10.9 Å². The Morgan fingerprint density at radius 3 is 3.04 bits per heavy atom. The predicted molar refractivity (Wildman–Crippen MR) is 115 cm³/mol. The van der Waals surface area contributed by atoms with E-state index in [0.29, 0.717) is 5.92 Å². The lowest BCUT2D eigenvalue weighted by atomic mass is 10.1. The highest BCUT2D eigenvalue weighted by atomic mass is 16.5. The Bertz CT molecular complexity index is 750. The fourth-order valence-electron chi connectivity index (χ4n) is 3.63. The largest absolute Gasteiger partial charge is 0.381 e. The molecule has 2 heterocycles. The van der Waals surface area contributed by atoms with Gasteiger partial charge in [0.1, 0.15) is 0 Å². The summed E-state index contributed by atoms with van der Waals surface area (Å²) in [6.45, 7) is 10.0. The molecule has 1 aliphatic heterocycles. The van der Waals surface area contributed by atoms with Crippen molar-refractivity contribution in [2.75, 3.05) is 46.1 Å². The van der Waals surface area contributed by atoms with Crippen LogP contribution < -0.4 is 10.6 Å². The van der Waals surface area contributed by atoms with Gasteiger partial charge in [-0.3, -0.25) is 4.99 Å². The quantitative estimate of drug-likeness (QED) is 0.333. The van der Waals surface area contributed by atoms with Crippen LogP contribution in [0.15, 0.2) is 29.3 Å². The molecule has 1 atom stereocenters. The fraction of sp³-hybridized carbons (Fsp3) is 0.591. The topological polar surface area (TPSA) is 70.7 Å². The molecule has 3 N–H and O–H groups in total. The van der Waals surface area contributed by atoms with Crippen LogP contribution in [-0.2, 0) is 15.9 Å². The smallest absolute Gasteiger partial charge is 0.191 e. The van der Waals surface area contributed by atoms with E-state index in [9.17, 15) is 0 Å². The molecule has 1 fully saturated rings. The molecule has 6 heteroatoms. The number of nitrogens with one attached hydrogen (secondary N) is 3. The van der Waals surface area contributed by atoms with Crippen molar-refractivity contribution < 1.29 is 9.47 Å². The molecule has 2 aromatic rings. The minimum Gasteiger partial charge on any atom is -0.381 e. The molecule has 0 bridgehead atoms. The number of aryl methyl sites for hydroxylation is 1. The molecule has 1 aliphatic rings. The van der Waals surface area contributed by atoms with Crippen LogP contribution in [0.1, 0.15) is 31.0 Å². The minimum atomic E-state index is 0.579. The van der Waals surface area contributed by atoms with Crippen molar-refractivity contribution in [1.29, 1.82) is 0 Å². The second-order valence-corrected chi connectivity index (χ2v) is 7.37. The maximum atomic E-state index is 5.75. The van der Waals surface area contributed by atoms with E-state index < -0.39 is 0 Å². The SMILES string of the molecule is CCNC(=NCCCOCC1CCOC1)NCCc1c(C)[nH]c2ccccc12. The van der Waals surface area contributed by atoms with Gasteiger partial charge in [0.05, 0.1) is 13.2 Å². The second kappa shape index (κ2) is 11.1. The average Bonchev–Trinajstić information content (AvgIpc) is 3.32. The van der Waals surface area contributed by atoms with Crippen LogP contribution in [0.25, 0.3) is 10.9 Å². The summed E-state index contributed by atoms with van der Waals surface area (Å²) in [5.74, 6) is 1.46. The standard InChI is InChI=1S/C22H34N4O2/c1-3-23-22(24-11-6-13-27-15-18-10-14-28-16-18)25-12-9-19-17(2)26-21-8-5-4-7-20(19)21/h4-5,7-8,18,26H,3,6,9-16H2,1-2H3,(H2,23,24,25). The number of aromatic amines is 1. The van der Waals surface area contributed by atoms with Crippen molar-refractivity contribution in [1.82, 2.24) is 15.6 Å². The zero-order valence-electron chi connectivity index (χ0n) is 17.2. The number of ether oxygens (including phenoxy) is 2. The van der Waals surface area contributed by atoms with Crippen molar-refractivity contribution in [3.8, 4) is 0 Å². The minimum absolute atomic E-state index is 0.579. The molecule has 0 radical (unpaired) electrons. The molecule has 3 rings (SSSR count). The highest BCUT2D eigenvalue weighted by molar-refractivity contribution is 5.84. The number of aromatic nitrogens is 1. The van der Waals surface area contributed by atoms with Gasteiger partial charge in [0.15, 0.2) is 5.96 Å². The number of aliphatic imine (C=N–C) groups is 1. The molecule has 0 spiro atoms. The van der Waals surface area contributed by atoms with Gasteiger partial charge in [-0.15, -0.1) is 0 Å². The van der Waals surface area contributed by atoms with Crippen molar-refractivity contribution in [2.45, 2.75) is 33.1 Å². The van der Waals surface area contributed by atoms with Crippen LogP contribution in [0, 0.1) is 12.8 Å². The zero-order chi connectivity index (χ0) is 19.6. The van der Waals surface area contributed by atoms with Crippen LogP contribution in [0.3, 0.4) is 0 Å². The highest BCUT2D eigenvalue weighted by Crippen LogP contribution is 2.21. The zero-order valence-corrected chi connectivity index (χ0v) is 17.2. The predicted octanol–water partition coefficient (Wildman–Crippen LogP) is 3.02. The first-order valence-corrected chi connectivity index (χ1v) is 10.5. The molecule has 0 aliphatic carbocycles. The molecule has 28 heavy (non-hydrogen) atoms. The second-order valence-electron chi connectivity index (χ2n) is 7.37. The fourth-order valence-corrected chi connectivity index (χ4v) is 3.63. The third-order valence-electron chi connectivity index (χ3n) is 5.13. The summed E-state index contributed by atoms with van der Waals surface area (Å²) < 4.78 is 11.1. The average molecular weight is 387 g/mol. The van der Waals surface area contributed by atoms with Gasteiger partial charge < -0.3 is 25.1 Å². The summed E-state index contributed by atoms with van der Waals surface area (Å²) in [5, 5.41) is 8.09. The van der Waals surface area contributed by atoms with Crippen molar-refractivity contribution >= 4 is 16.9 Å². The molecular weight excluding hydrogens is 352 g/mol. The van der Waals surface area contributed by atoms with Gasteiger partial charge in [0, 0.05) is 55.4 Å². The molecule has 1 saturated heterocycles. The van der Waals surface area contributed by atoms with Crippen LogP contribution >= 0.6 is 0 Å². The first-order valence-electron chi connectivity index (χ1n) is 10.5. The van der Waals surface area contributed by atoms with E-state index in [-0.39, 0.29) is 0 Å². The van der Waals surface area contributed by atoms with Gasteiger partial charge in [0.25, 0.3) is 0 Å². The number of rotatable bonds is 10. The number of fused-ring (bicyclic) bond motifs is 1. The summed E-state index contributed by atoms with van der Waals surface area (Å²) in [6, 6.07) is 8.49. The van der Waals surface area contributed by atoms with E-state index in [1.165, 1.54) is 22.2 Å². The normalized spacial score (nSPS) is 17.4. The van der Waals surface area contributed by atoms with Crippen LogP contribution in [0.4, 0.5) is 0 Å². The van der Waals surface area contributed by atoms with Gasteiger partial charge in [-0.05, 0) is 44.7 Å². The molecule has 1 aromatic heterocycles. The van der Waals surface area contributed by atoms with Gasteiger partial charge in [-0.25, -0.2) is 0 Å². The van der Waals surface area contributed by atoms with Gasteiger partial charge in [-0.1, -0.05) is 18.2 Å². The van der Waals surface area contributed by atoms with E-state index in [2.05, 4.69) is 58.7 Å². The van der Waals surface area contributed by atoms with E-state index >= 15 is 0 Å². The van der Waals surface area contributed by atoms with E-state index in [1.54, 1.807) is 0 Å². The lowest BCUT2D eigenvalue weighted by Crippen LogP contribution is -2.38. The Morgan fingerprint density at radius 1 is 1.32 bits per heavy atom.